The molecule has 0 radical (unpaired) electrons. The molecule has 6 nitrogen and oxygen atoms in total. The third-order valence-corrected chi connectivity index (χ3v) is 2.20. The lowest BCUT2D eigenvalue weighted by Crippen LogP contribution is -2.39. The second-order valence-corrected chi connectivity index (χ2v) is 3.45. The van der Waals surface area contributed by atoms with Crippen LogP contribution in [-0.2, 0) is 9.59 Å². The number of hydrogen-bond acceptors (Lipinski definition) is 4. The van der Waals surface area contributed by atoms with Crippen molar-refractivity contribution >= 4 is 11.9 Å². The van der Waals surface area contributed by atoms with Crippen LogP contribution in [0.1, 0.15) is 11.6 Å². The van der Waals surface area contributed by atoms with E-state index in [0.717, 1.165) is 0 Å². The van der Waals surface area contributed by atoms with Gasteiger partial charge in [-0.15, -0.1) is 0 Å². The lowest BCUT2D eigenvalue weighted by molar-refractivity contribution is -0.149. The molecule has 17 heavy (non-hydrogen) atoms. The second-order valence-electron chi connectivity index (χ2n) is 3.45. The van der Waals surface area contributed by atoms with E-state index in [9.17, 15) is 14.7 Å². The molecule has 0 aliphatic heterocycles. The summed E-state index contributed by atoms with van der Waals surface area (Å²) in [6.45, 7) is -0.427. The van der Waals surface area contributed by atoms with Gasteiger partial charge in [-0.2, -0.15) is 0 Å². The Morgan fingerprint density at radius 3 is 2.24 bits per heavy atom. The summed E-state index contributed by atoms with van der Waals surface area (Å²) in [7, 11) is 0. The number of aliphatic hydroxyl groups excluding tert-OH is 1. The van der Waals surface area contributed by atoms with Crippen molar-refractivity contribution in [2.24, 2.45) is 0 Å². The third kappa shape index (κ3) is 3.86. The highest BCUT2D eigenvalue weighted by atomic mass is 16.4. The van der Waals surface area contributed by atoms with Crippen molar-refractivity contribution in [3.63, 3.8) is 0 Å². The summed E-state index contributed by atoms with van der Waals surface area (Å²) in [6, 6.07) is 7.38. The molecular weight excluding hydrogens is 226 g/mol. The van der Waals surface area contributed by atoms with Crippen LogP contribution in [0.4, 0.5) is 0 Å². The lowest BCUT2D eigenvalue weighted by Gasteiger charge is -2.20. The van der Waals surface area contributed by atoms with Gasteiger partial charge in [0.2, 0.25) is 0 Å². The van der Waals surface area contributed by atoms with Gasteiger partial charge in [0.15, 0.2) is 6.10 Å². The van der Waals surface area contributed by atoms with Crippen LogP contribution in [0.3, 0.4) is 0 Å². The molecule has 1 aromatic rings. The van der Waals surface area contributed by atoms with E-state index in [1.165, 1.54) is 0 Å². The topological polar surface area (TPSA) is 107 Å². The minimum Gasteiger partial charge on any atom is -0.480 e. The molecular formula is C11H13NO5. The fourth-order valence-corrected chi connectivity index (χ4v) is 1.41. The summed E-state index contributed by atoms with van der Waals surface area (Å²) in [4.78, 5) is 21.2. The number of hydrogen-bond donors (Lipinski definition) is 4. The molecule has 0 amide bonds. The van der Waals surface area contributed by atoms with Gasteiger partial charge in [-0.25, -0.2) is 4.79 Å². The summed E-state index contributed by atoms with van der Waals surface area (Å²) in [5.41, 5.74) is 0.517. The Hall–Kier alpha value is -1.92. The number of rotatable bonds is 6. The molecule has 1 aromatic carbocycles. The standard InChI is InChI=1S/C11H13NO5/c13-8(14)6-12-9(10(15)11(16)17)7-4-2-1-3-5-7/h1-5,9-10,12,15H,6H2,(H,13,14)(H,16,17). The maximum Gasteiger partial charge on any atom is 0.334 e. The second kappa shape index (κ2) is 5.97. The maximum absolute atomic E-state index is 10.7. The smallest absolute Gasteiger partial charge is 0.334 e. The molecule has 0 aliphatic rings. The highest BCUT2D eigenvalue weighted by Gasteiger charge is 2.27. The summed E-state index contributed by atoms with van der Waals surface area (Å²) >= 11 is 0. The van der Waals surface area contributed by atoms with E-state index in [1.807, 2.05) is 0 Å². The van der Waals surface area contributed by atoms with Crippen LogP contribution in [-0.4, -0.2) is 39.9 Å². The number of carboxylic acid groups (broad SMARTS) is 2. The average Bonchev–Trinajstić information content (AvgIpc) is 2.30. The molecule has 4 N–H and O–H groups in total. The zero-order chi connectivity index (χ0) is 12.8. The van der Waals surface area contributed by atoms with Gasteiger partial charge >= 0.3 is 11.9 Å². The minimum atomic E-state index is -1.70. The van der Waals surface area contributed by atoms with Gasteiger partial charge in [-0.3, -0.25) is 10.1 Å². The Morgan fingerprint density at radius 1 is 1.18 bits per heavy atom. The Labute approximate surface area is 97.5 Å². The monoisotopic (exact) mass is 239 g/mol. The van der Waals surface area contributed by atoms with Crippen LogP contribution in [0.15, 0.2) is 30.3 Å². The molecule has 0 saturated heterocycles. The van der Waals surface area contributed by atoms with Gasteiger partial charge in [0, 0.05) is 0 Å². The van der Waals surface area contributed by atoms with Gasteiger partial charge in [0.1, 0.15) is 0 Å². The predicted octanol–water partition coefficient (Wildman–Crippen LogP) is -0.153. The van der Waals surface area contributed by atoms with Crippen LogP contribution >= 0.6 is 0 Å². The van der Waals surface area contributed by atoms with Gasteiger partial charge in [-0.05, 0) is 5.56 Å². The van der Waals surface area contributed by atoms with Crippen LogP contribution in [0.25, 0.3) is 0 Å². The molecule has 1 rings (SSSR count). The van der Waals surface area contributed by atoms with Crippen molar-refractivity contribution in [1.82, 2.24) is 5.32 Å². The van der Waals surface area contributed by atoms with Crippen LogP contribution < -0.4 is 5.32 Å². The van der Waals surface area contributed by atoms with E-state index < -0.39 is 30.6 Å². The third-order valence-electron chi connectivity index (χ3n) is 2.20. The number of benzene rings is 1. The molecule has 0 saturated carbocycles. The first kappa shape index (κ1) is 13.1. The molecule has 0 heterocycles. The quantitative estimate of drug-likeness (QED) is 0.550. The van der Waals surface area contributed by atoms with Crippen molar-refractivity contribution in [3.8, 4) is 0 Å². The molecule has 6 heteroatoms. The van der Waals surface area contributed by atoms with Crippen molar-refractivity contribution in [2.45, 2.75) is 12.1 Å². The van der Waals surface area contributed by atoms with Gasteiger partial charge in [0.25, 0.3) is 0 Å². The van der Waals surface area contributed by atoms with E-state index in [1.54, 1.807) is 30.3 Å². The first-order chi connectivity index (χ1) is 8.02. The van der Waals surface area contributed by atoms with E-state index >= 15 is 0 Å². The largest absolute Gasteiger partial charge is 0.480 e. The molecule has 0 spiro atoms. The molecule has 0 bridgehead atoms. The van der Waals surface area contributed by atoms with Gasteiger partial charge < -0.3 is 15.3 Å². The summed E-state index contributed by atoms with van der Waals surface area (Å²) < 4.78 is 0. The zero-order valence-corrected chi connectivity index (χ0v) is 8.91. The van der Waals surface area contributed by atoms with Crippen molar-refractivity contribution in [3.05, 3.63) is 35.9 Å². The SMILES string of the molecule is O=C(O)CNC(c1ccccc1)C(O)C(=O)O. The highest BCUT2D eigenvalue weighted by molar-refractivity contribution is 5.74. The fourth-order valence-electron chi connectivity index (χ4n) is 1.41. The van der Waals surface area contributed by atoms with E-state index in [4.69, 9.17) is 10.2 Å². The van der Waals surface area contributed by atoms with Crippen molar-refractivity contribution < 1.29 is 24.9 Å². The zero-order valence-electron chi connectivity index (χ0n) is 8.91. The normalized spacial score (nSPS) is 13.9. The number of nitrogens with one attached hydrogen (secondary N) is 1. The predicted molar refractivity (Wildman–Crippen MR) is 58.5 cm³/mol. The Balaban J connectivity index is 2.86. The molecule has 2 atom stereocenters. The fraction of sp³-hybridized carbons (Fsp3) is 0.273. The average molecular weight is 239 g/mol. The first-order valence-electron chi connectivity index (χ1n) is 4.93. The van der Waals surface area contributed by atoms with Crippen molar-refractivity contribution in [1.29, 1.82) is 0 Å². The van der Waals surface area contributed by atoms with Crippen molar-refractivity contribution in [2.75, 3.05) is 6.54 Å². The Kier molecular flexibility index (Phi) is 4.62. The number of carbonyl (C=O) groups is 2. The Bertz CT molecular complexity index is 392. The lowest BCUT2D eigenvalue weighted by atomic mass is 10.0. The number of carboxylic acids is 2. The van der Waals surface area contributed by atoms with E-state index in [2.05, 4.69) is 5.32 Å². The highest BCUT2D eigenvalue weighted by Crippen LogP contribution is 2.16. The molecule has 92 valence electrons. The van der Waals surface area contributed by atoms with E-state index in [-0.39, 0.29) is 0 Å². The summed E-state index contributed by atoms with van der Waals surface area (Å²) in [5.74, 6) is -2.53. The maximum atomic E-state index is 10.7. The van der Waals surface area contributed by atoms with Crippen LogP contribution in [0.5, 0.6) is 0 Å². The van der Waals surface area contributed by atoms with Crippen LogP contribution in [0.2, 0.25) is 0 Å². The minimum absolute atomic E-state index is 0.427. The first-order valence-corrected chi connectivity index (χ1v) is 4.93. The van der Waals surface area contributed by atoms with Crippen LogP contribution in [0, 0.1) is 0 Å². The molecule has 0 aromatic heterocycles. The summed E-state index contributed by atoms with van der Waals surface area (Å²) in [5, 5.41) is 29.3. The summed E-state index contributed by atoms with van der Waals surface area (Å²) in [6.07, 6.45) is -1.70. The van der Waals surface area contributed by atoms with Gasteiger partial charge in [-0.1, -0.05) is 30.3 Å². The van der Waals surface area contributed by atoms with E-state index in [0.29, 0.717) is 5.56 Å². The molecule has 2 unspecified atom stereocenters. The molecule has 0 aliphatic carbocycles. The number of aliphatic hydroxyl groups is 1. The molecule has 0 fully saturated rings. The van der Waals surface area contributed by atoms with Gasteiger partial charge in [0.05, 0.1) is 12.6 Å². The Morgan fingerprint density at radius 2 is 1.76 bits per heavy atom. The number of aliphatic carboxylic acids is 2.